The Morgan fingerprint density at radius 2 is 2.13 bits per heavy atom. The van der Waals surface area contributed by atoms with Gasteiger partial charge in [-0.3, -0.25) is 9.59 Å². The number of benzene rings is 1. The largest absolute Gasteiger partial charge is 0.370 e. The van der Waals surface area contributed by atoms with Gasteiger partial charge in [0.2, 0.25) is 5.91 Å². The summed E-state index contributed by atoms with van der Waals surface area (Å²) in [6.45, 7) is 1.33. The lowest BCUT2D eigenvalue weighted by atomic mass is 10.0. The number of carbonyl (C=O) groups is 2. The van der Waals surface area contributed by atoms with Gasteiger partial charge in [0, 0.05) is 30.7 Å². The Bertz CT molecular complexity index is 1280. The Morgan fingerprint density at radius 3 is 3.00 bits per heavy atom. The second-order valence-electron chi connectivity index (χ2n) is 7.22. The molecule has 1 N–H and O–H groups in total. The molecule has 0 aliphatic carbocycles. The monoisotopic (exact) mass is 436 g/mol. The zero-order valence-corrected chi connectivity index (χ0v) is 17.6. The van der Waals surface area contributed by atoms with Gasteiger partial charge < -0.3 is 15.0 Å². The van der Waals surface area contributed by atoms with Crippen molar-refractivity contribution in [1.29, 1.82) is 0 Å². The number of aromatic nitrogens is 4. The summed E-state index contributed by atoms with van der Waals surface area (Å²) in [4.78, 5) is 33.1. The zero-order valence-electron chi connectivity index (χ0n) is 16.8. The number of hydrogen-bond acceptors (Lipinski definition) is 7. The van der Waals surface area contributed by atoms with E-state index in [0.717, 1.165) is 26.8 Å². The molecule has 1 saturated heterocycles. The molecule has 1 aromatic carbocycles. The number of thiophene rings is 1. The lowest BCUT2D eigenvalue weighted by Crippen LogP contribution is -2.44. The maximum Gasteiger partial charge on any atom is 0.261 e. The van der Waals surface area contributed by atoms with Crippen molar-refractivity contribution in [3.05, 3.63) is 53.0 Å². The number of amides is 2. The van der Waals surface area contributed by atoms with Crippen molar-refractivity contribution in [3.8, 4) is 0 Å². The summed E-state index contributed by atoms with van der Waals surface area (Å²) in [5.74, 6) is -0.248. The first-order valence-corrected chi connectivity index (χ1v) is 10.7. The molecule has 1 fully saturated rings. The number of pyridine rings is 1. The Morgan fingerprint density at radius 1 is 1.26 bits per heavy atom. The molecule has 0 saturated carbocycles. The molecule has 9 nitrogen and oxygen atoms in total. The summed E-state index contributed by atoms with van der Waals surface area (Å²) in [5, 5.41) is 11.8. The van der Waals surface area contributed by atoms with Crippen molar-refractivity contribution in [2.75, 3.05) is 26.7 Å². The van der Waals surface area contributed by atoms with Gasteiger partial charge in [-0.15, -0.1) is 16.4 Å². The average molecular weight is 436 g/mol. The Balaban J connectivity index is 1.42. The van der Waals surface area contributed by atoms with E-state index in [-0.39, 0.29) is 18.4 Å². The first kappa shape index (κ1) is 19.6. The van der Waals surface area contributed by atoms with E-state index in [1.807, 2.05) is 36.4 Å². The van der Waals surface area contributed by atoms with Crippen LogP contribution in [0.2, 0.25) is 0 Å². The van der Waals surface area contributed by atoms with E-state index < -0.39 is 6.10 Å². The minimum absolute atomic E-state index is 0.0666. The predicted octanol–water partition coefficient (Wildman–Crippen LogP) is 2.00. The number of rotatable bonds is 4. The van der Waals surface area contributed by atoms with Gasteiger partial charge >= 0.3 is 0 Å². The molecular formula is C21H20N6O3S. The highest BCUT2D eigenvalue weighted by Gasteiger charge is 2.31. The highest BCUT2D eigenvalue weighted by atomic mass is 32.1. The smallest absolute Gasteiger partial charge is 0.261 e. The van der Waals surface area contributed by atoms with E-state index >= 15 is 0 Å². The van der Waals surface area contributed by atoms with E-state index in [0.29, 0.717) is 24.6 Å². The third kappa shape index (κ3) is 3.53. The number of nitrogens with zero attached hydrogens (tertiary/aromatic N) is 5. The quantitative estimate of drug-likeness (QED) is 0.525. The maximum absolute atomic E-state index is 13.1. The molecule has 31 heavy (non-hydrogen) atoms. The minimum Gasteiger partial charge on any atom is -0.370 e. The molecular weight excluding hydrogens is 416 g/mol. The fourth-order valence-electron chi connectivity index (χ4n) is 3.87. The molecule has 1 aliphatic rings. The van der Waals surface area contributed by atoms with E-state index in [1.165, 1.54) is 11.3 Å². The summed E-state index contributed by atoms with van der Waals surface area (Å²) in [6, 6.07) is 11.3. The molecule has 1 atom stereocenters. The first-order chi connectivity index (χ1) is 15.2. The van der Waals surface area contributed by atoms with Gasteiger partial charge in [0.15, 0.2) is 0 Å². The van der Waals surface area contributed by atoms with Gasteiger partial charge in [0.05, 0.1) is 18.7 Å². The molecule has 4 heterocycles. The van der Waals surface area contributed by atoms with E-state index in [9.17, 15) is 9.59 Å². The van der Waals surface area contributed by atoms with Gasteiger partial charge in [0.25, 0.3) is 5.91 Å². The van der Waals surface area contributed by atoms with Gasteiger partial charge in [-0.1, -0.05) is 23.4 Å². The second-order valence-corrected chi connectivity index (χ2v) is 8.21. The third-order valence-corrected chi connectivity index (χ3v) is 6.51. The number of ether oxygens (including phenoxy) is 1. The van der Waals surface area contributed by atoms with Crippen LogP contribution in [0.25, 0.3) is 21.3 Å². The fraction of sp³-hybridized carbons (Fsp3) is 0.286. The highest BCUT2D eigenvalue weighted by molar-refractivity contribution is 7.20. The topological polar surface area (TPSA) is 102 Å². The van der Waals surface area contributed by atoms with Gasteiger partial charge in [-0.05, 0) is 18.2 Å². The number of hydrogen-bond donors (Lipinski definition) is 1. The summed E-state index contributed by atoms with van der Waals surface area (Å²) < 4.78 is 7.63. The number of carbonyl (C=O) groups excluding carboxylic acids is 2. The van der Waals surface area contributed by atoms with Crippen LogP contribution in [-0.4, -0.2) is 63.4 Å². The number of morpholine rings is 1. The SMILES string of the molecule is CNC(=O)c1sc2ncccc2c1[C@H]1CN(C(=O)Cn2nnc3ccccc32)CCO1. The Kier molecular flexibility index (Phi) is 5.08. The first-order valence-electron chi connectivity index (χ1n) is 9.93. The molecule has 158 valence electrons. The van der Waals surface area contributed by atoms with Crippen LogP contribution in [0.5, 0.6) is 0 Å². The highest BCUT2D eigenvalue weighted by Crippen LogP contribution is 2.37. The molecule has 1 aliphatic heterocycles. The number of fused-ring (bicyclic) bond motifs is 2. The van der Waals surface area contributed by atoms with Crippen LogP contribution < -0.4 is 5.32 Å². The molecule has 0 spiro atoms. The van der Waals surface area contributed by atoms with Crippen molar-refractivity contribution < 1.29 is 14.3 Å². The number of para-hydroxylation sites is 1. The average Bonchev–Trinajstić information content (AvgIpc) is 3.40. The van der Waals surface area contributed by atoms with Crippen LogP contribution >= 0.6 is 11.3 Å². The summed E-state index contributed by atoms with van der Waals surface area (Å²) in [6.07, 6.45) is 1.30. The van der Waals surface area contributed by atoms with Crippen molar-refractivity contribution in [3.63, 3.8) is 0 Å². The number of nitrogens with one attached hydrogen (secondary N) is 1. The Hall–Kier alpha value is -3.37. The maximum atomic E-state index is 13.1. The van der Waals surface area contributed by atoms with Crippen LogP contribution in [0.15, 0.2) is 42.6 Å². The molecule has 0 unspecified atom stereocenters. The molecule has 4 aromatic rings. The molecule has 0 bridgehead atoms. The molecule has 3 aromatic heterocycles. The van der Waals surface area contributed by atoms with E-state index in [1.54, 1.807) is 22.8 Å². The van der Waals surface area contributed by atoms with Gasteiger partial charge in [0.1, 0.15) is 27.9 Å². The lowest BCUT2D eigenvalue weighted by molar-refractivity contribution is -0.139. The summed E-state index contributed by atoms with van der Waals surface area (Å²) >= 11 is 1.34. The van der Waals surface area contributed by atoms with Crippen LogP contribution in [0.3, 0.4) is 0 Å². The normalized spacial score (nSPS) is 16.7. The molecule has 10 heteroatoms. The van der Waals surface area contributed by atoms with Crippen molar-refractivity contribution >= 4 is 44.4 Å². The van der Waals surface area contributed by atoms with E-state index in [4.69, 9.17) is 4.74 Å². The van der Waals surface area contributed by atoms with Gasteiger partial charge in [-0.2, -0.15) is 0 Å². The van der Waals surface area contributed by atoms with E-state index in [2.05, 4.69) is 20.6 Å². The van der Waals surface area contributed by atoms with Crippen molar-refractivity contribution in [2.24, 2.45) is 0 Å². The second kappa shape index (κ2) is 8.05. The van der Waals surface area contributed by atoms with Crippen LogP contribution in [0, 0.1) is 0 Å². The van der Waals surface area contributed by atoms with Crippen LogP contribution in [-0.2, 0) is 16.1 Å². The molecule has 0 radical (unpaired) electrons. The predicted molar refractivity (Wildman–Crippen MR) is 116 cm³/mol. The van der Waals surface area contributed by atoms with Crippen molar-refractivity contribution in [1.82, 2.24) is 30.2 Å². The minimum atomic E-state index is -0.407. The lowest BCUT2D eigenvalue weighted by Gasteiger charge is -2.33. The van der Waals surface area contributed by atoms with Crippen molar-refractivity contribution in [2.45, 2.75) is 12.6 Å². The van der Waals surface area contributed by atoms with Crippen LogP contribution in [0.4, 0.5) is 0 Å². The summed E-state index contributed by atoms with van der Waals surface area (Å²) in [7, 11) is 1.60. The van der Waals surface area contributed by atoms with Crippen LogP contribution in [0.1, 0.15) is 21.3 Å². The zero-order chi connectivity index (χ0) is 21.4. The third-order valence-electron chi connectivity index (χ3n) is 5.38. The molecule has 2 amide bonds. The van der Waals surface area contributed by atoms with Gasteiger partial charge in [-0.25, -0.2) is 9.67 Å². The fourth-order valence-corrected chi connectivity index (χ4v) is 5.01. The Labute approximate surface area is 181 Å². The standard InChI is InChI=1S/C21H20N6O3S/c1-22-20(29)19-18(13-5-4-8-23-21(13)31-19)16-11-26(9-10-30-16)17(28)12-27-15-7-3-2-6-14(15)24-25-27/h2-8,16H,9-12H2,1H3,(H,22,29)/t16-/m1/s1. The molecule has 5 rings (SSSR count). The summed E-state index contributed by atoms with van der Waals surface area (Å²) in [5.41, 5.74) is 2.36.